The third-order valence-electron chi connectivity index (χ3n) is 3.16. The second-order valence-corrected chi connectivity index (χ2v) is 5.05. The Kier molecular flexibility index (Phi) is 6.99. The molecule has 1 aromatic carbocycles. The molecule has 0 saturated heterocycles. The van der Waals surface area contributed by atoms with Gasteiger partial charge in [-0.15, -0.1) is 0 Å². The molecule has 0 spiro atoms. The summed E-state index contributed by atoms with van der Waals surface area (Å²) in [6.45, 7) is 4.86. The van der Waals surface area contributed by atoms with Crippen molar-refractivity contribution < 1.29 is 14.2 Å². The zero-order valence-corrected chi connectivity index (χ0v) is 11.9. The van der Waals surface area contributed by atoms with Gasteiger partial charge in [0.1, 0.15) is 5.82 Å². The number of ether oxygens (including phenoxy) is 1. The molecule has 2 N–H and O–H groups in total. The van der Waals surface area contributed by atoms with Gasteiger partial charge in [0, 0.05) is 25.8 Å². The van der Waals surface area contributed by atoms with E-state index < -0.39 is 6.10 Å². The molecule has 3 nitrogen and oxygen atoms in total. The van der Waals surface area contributed by atoms with Crippen LogP contribution < -0.4 is 5.32 Å². The molecule has 0 saturated carbocycles. The fraction of sp³-hybridized carbons (Fsp3) is 0.600. The van der Waals surface area contributed by atoms with E-state index in [2.05, 4.69) is 12.2 Å². The smallest absolute Gasteiger partial charge is 0.123 e. The third kappa shape index (κ3) is 6.14. The van der Waals surface area contributed by atoms with Gasteiger partial charge in [0.15, 0.2) is 0 Å². The molecule has 1 rings (SSSR count). The number of benzene rings is 1. The molecule has 1 aromatic rings. The van der Waals surface area contributed by atoms with Crippen LogP contribution in [0.1, 0.15) is 38.4 Å². The Morgan fingerprint density at radius 2 is 1.84 bits per heavy atom. The standard InChI is InChI=1S/C15H24FNO2/c1-11(8-9-19-3)17-12(2)10-15(18)13-4-6-14(16)7-5-13/h4-7,11-12,15,17-18H,8-10H2,1-3H3. The average molecular weight is 269 g/mol. The second kappa shape index (κ2) is 8.25. The third-order valence-corrected chi connectivity index (χ3v) is 3.16. The van der Waals surface area contributed by atoms with Crippen molar-refractivity contribution >= 4 is 0 Å². The maximum Gasteiger partial charge on any atom is 0.123 e. The van der Waals surface area contributed by atoms with Crippen molar-refractivity contribution in [2.24, 2.45) is 0 Å². The molecule has 0 fully saturated rings. The first-order valence-electron chi connectivity index (χ1n) is 6.71. The van der Waals surface area contributed by atoms with Crippen molar-refractivity contribution in [3.63, 3.8) is 0 Å². The molecule has 0 radical (unpaired) electrons. The van der Waals surface area contributed by atoms with Crippen molar-refractivity contribution in [2.75, 3.05) is 13.7 Å². The SMILES string of the molecule is COCCC(C)NC(C)CC(O)c1ccc(F)cc1. The Bertz CT molecular complexity index is 356. The molecule has 0 heterocycles. The minimum absolute atomic E-state index is 0.187. The zero-order valence-electron chi connectivity index (χ0n) is 11.9. The fourth-order valence-corrected chi connectivity index (χ4v) is 2.09. The van der Waals surface area contributed by atoms with Crippen LogP contribution in [-0.4, -0.2) is 30.9 Å². The lowest BCUT2D eigenvalue weighted by atomic mass is 10.0. The molecule has 19 heavy (non-hydrogen) atoms. The highest BCUT2D eigenvalue weighted by atomic mass is 19.1. The van der Waals surface area contributed by atoms with E-state index in [-0.39, 0.29) is 11.9 Å². The molecule has 4 heteroatoms. The lowest BCUT2D eigenvalue weighted by Crippen LogP contribution is -2.36. The number of halogens is 1. The molecule has 0 bridgehead atoms. The van der Waals surface area contributed by atoms with Crippen molar-refractivity contribution in [1.29, 1.82) is 0 Å². The summed E-state index contributed by atoms with van der Waals surface area (Å²) in [5.41, 5.74) is 0.750. The highest BCUT2D eigenvalue weighted by Crippen LogP contribution is 2.18. The number of aliphatic hydroxyl groups is 1. The first-order valence-corrected chi connectivity index (χ1v) is 6.71. The first kappa shape index (κ1) is 16.1. The topological polar surface area (TPSA) is 41.5 Å². The van der Waals surface area contributed by atoms with Gasteiger partial charge in [0.05, 0.1) is 6.10 Å². The van der Waals surface area contributed by atoms with E-state index in [1.165, 1.54) is 12.1 Å². The van der Waals surface area contributed by atoms with Crippen LogP contribution in [0.2, 0.25) is 0 Å². The first-order chi connectivity index (χ1) is 9.02. The van der Waals surface area contributed by atoms with Crippen LogP contribution in [0.5, 0.6) is 0 Å². The summed E-state index contributed by atoms with van der Waals surface area (Å²) in [6.07, 6.45) is 0.967. The van der Waals surface area contributed by atoms with E-state index >= 15 is 0 Å². The number of hydrogen-bond donors (Lipinski definition) is 2. The van der Waals surface area contributed by atoms with Gasteiger partial charge in [-0.05, 0) is 44.4 Å². The molecule has 0 aromatic heterocycles. The van der Waals surface area contributed by atoms with Crippen LogP contribution in [0.15, 0.2) is 24.3 Å². The van der Waals surface area contributed by atoms with E-state index in [4.69, 9.17) is 4.74 Å². The summed E-state index contributed by atoms with van der Waals surface area (Å²) in [5, 5.41) is 13.5. The van der Waals surface area contributed by atoms with Gasteiger partial charge in [-0.2, -0.15) is 0 Å². The molecule has 3 unspecified atom stereocenters. The van der Waals surface area contributed by atoms with E-state index in [1.54, 1.807) is 19.2 Å². The number of rotatable bonds is 8. The van der Waals surface area contributed by atoms with Gasteiger partial charge < -0.3 is 15.2 Å². The molecular formula is C15H24FNO2. The summed E-state index contributed by atoms with van der Waals surface area (Å²) in [6, 6.07) is 6.53. The molecule has 108 valence electrons. The van der Waals surface area contributed by atoms with Gasteiger partial charge in [-0.3, -0.25) is 0 Å². The van der Waals surface area contributed by atoms with Gasteiger partial charge >= 0.3 is 0 Å². The monoisotopic (exact) mass is 269 g/mol. The molecule has 0 amide bonds. The van der Waals surface area contributed by atoms with Crippen molar-refractivity contribution in [1.82, 2.24) is 5.32 Å². The van der Waals surface area contributed by atoms with Crippen molar-refractivity contribution in [3.8, 4) is 0 Å². The lowest BCUT2D eigenvalue weighted by molar-refractivity contribution is 0.147. The molecule has 0 aliphatic heterocycles. The summed E-state index contributed by atoms with van der Waals surface area (Å²) in [7, 11) is 1.69. The van der Waals surface area contributed by atoms with Gasteiger partial charge in [0.2, 0.25) is 0 Å². The van der Waals surface area contributed by atoms with Gasteiger partial charge in [0.25, 0.3) is 0 Å². The Hall–Kier alpha value is -0.970. The van der Waals surface area contributed by atoms with Crippen LogP contribution in [0.25, 0.3) is 0 Å². The van der Waals surface area contributed by atoms with Crippen LogP contribution >= 0.6 is 0 Å². The Morgan fingerprint density at radius 3 is 2.42 bits per heavy atom. The number of nitrogens with one attached hydrogen (secondary N) is 1. The van der Waals surface area contributed by atoms with Crippen LogP contribution in [0.4, 0.5) is 4.39 Å². The predicted octanol–water partition coefficient (Wildman–Crippen LogP) is 2.65. The highest BCUT2D eigenvalue weighted by Gasteiger charge is 2.14. The average Bonchev–Trinajstić information content (AvgIpc) is 2.36. The number of aliphatic hydroxyl groups excluding tert-OH is 1. The molecular weight excluding hydrogens is 245 g/mol. The zero-order chi connectivity index (χ0) is 14.3. The summed E-state index contributed by atoms with van der Waals surface area (Å²) in [5.74, 6) is -0.282. The van der Waals surface area contributed by atoms with Crippen molar-refractivity contribution in [3.05, 3.63) is 35.6 Å². The minimum atomic E-state index is -0.572. The summed E-state index contributed by atoms with van der Waals surface area (Å²) >= 11 is 0. The number of methoxy groups -OCH3 is 1. The van der Waals surface area contributed by atoms with Crippen LogP contribution in [-0.2, 0) is 4.74 Å². The van der Waals surface area contributed by atoms with Crippen LogP contribution in [0.3, 0.4) is 0 Å². The van der Waals surface area contributed by atoms with E-state index in [0.717, 1.165) is 18.6 Å². The Labute approximate surface area is 114 Å². The van der Waals surface area contributed by atoms with Gasteiger partial charge in [-0.1, -0.05) is 12.1 Å². The Morgan fingerprint density at radius 1 is 1.21 bits per heavy atom. The maximum absolute atomic E-state index is 12.8. The minimum Gasteiger partial charge on any atom is -0.388 e. The van der Waals surface area contributed by atoms with Gasteiger partial charge in [-0.25, -0.2) is 4.39 Å². The quantitative estimate of drug-likeness (QED) is 0.762. The Balaban J connectivity index is 2.38. The van der Waals surface area contributed by atoms with E-state index in [0.29, 0.717) is 12.5 Å². The van der Waals surface area contributed by atoms with Crippen LogP contribution in [0, 0.1) is 5.82 Å². The second-order valence-electron chi connectivity index (χ2n) is 5.05. The summed E-state index contributed by atoms with van der Waals surface area (Å²) < 4.78 is 17.8. The number of hydrogen-bond acceptors (Lipinski definition) is 3. The maximum atomic E-state index is 12.8. The normalized spacial score (nSPS) is 16.1. The van der Waals surface area contributed by atoms with E-state index in [9.17, 15) is 9.50 Å². The molecule has 3 atom stereocenters. The van der Waals surface area contributed by atoms with E-state index in [1.807, 2.05) is 6.92 Å². The summed E-state index contributed by atoms with van der Waals surface area (Å²) in [4.78, 5) is 0. The fourth-order valence-electron chi connectivity index (χ4n) is 2.09. The highest BCUT2D eigenvalue weighted by molar-refractivity contribution is 5.18. The predicted molar refractivity (Wildman–Crippen MR) is 74.5 cm³/mol. The largest absolute Gasteiger partial charge is 0.388 e. The molecule has 0 aliphatic rings. The molecule has 0 aliphatic carbocycles. The lowest BCUT2D eigenvalue weighted by Gasteiger charge is -2.22. The van der Waals surface area contributed by atoms with Crippen molar-refractivity contribution in [2.45, 2.75) is 44.9 Å².